The number of benzene rings is 2. The van der Waals surface area contributed by atoms with E-state index >= 15 is 0 Å². The summed E-state index contributed by atoms with van der Waals surface area (Å²) in [7, 11) is 0. The number of fused-ring (bicyclic) bond motifs is 1. The van der Waals surface area contributed by atoms with E-state index in [0.717, 1.165) is 6.42 Å². The Kier molecular flexibility index (Phi) is 5.95. The number of carbonyl (C=O) groups excluding carboxylic acids is 3. The molecule has 2 fully saturated rings. The molecule has 3 heterocycles. The third-order valence-electron chi connectivity index (χ3n) is 6.17. The molecule has 172 valence electrons. The van der Waals surface area contributed by atoms with Crippen molar-refractivity contribution in [1.29, 1.82) is 0 Å². The van der Waals surface area contributed by atoms with Gasteiger partial charge in [0, 0.05) is 31.6 Å². The first-order chi connectivity index (χ1) is 16.0. The van der Waals surface area contributed by atoms with Crippen LogP contribution < -0.4 is 14.5 Å². The zero-order valence-corrected chi connectivity index (χ0v) is 18.8. The second kappa shape index (κ2) is 9.03. The predicted octanol–water partition coefficient (Wildman–Crippen LogP) is 2.73. The molecular weight excluding hydrogens is 446 g/mol. The molecule has 3 amide bonds. The maximum atomic E-state index is 13.6. The number of rotatable bonds is 3. The fourth-order valence-corrected chi connectivity index (χ4v) is 4.67. The Morgan fingerprint density at radius 1 is 1.00 bits per heavy atom. The van der Waals surface area contributed by atoms with E-state index in [0.29, 0.717) is 67.0 Å². The lowest BCUT2D eigenvalue weighted by atomic mass is 10.1. The quantitative estimate of drug-likeness (QED) is 0.690. The molecule has 0 radical (unpaired) electrons. The predicted molar refractivity (Wildman–Crippen MR) is 123 cm³/mol. The number of anilines is 2. The van der Waals surface area contributed by atoms with E-state index in [1.165, 1.54) is 0 Å². The summed E-state index contributed by atoms with van der Waals surface area (Å²) in [5.41, 5.74) is 1.53. The average Bonchev–Trinajstić information content (AvgIpc) is 3.28. The second-order valence-electron chi connectivity index (χ2n) is 8.24. The Hall–Kier alpha value is -3.10. The van der Waals surface area contributed by atoms with E-state index < -0.39 is 6.10 Å². The van der Waals surface area contributed by atoms with Crippen LogP contribution in [0.5, 0.6) is 5.75 Å². The number of amides is 3. The van der Waals surface area contributed by atoms with Crippen molar-refractivity contribution in [2.75, 3.05) is 49.2 Å². The molecule has 3 aliphatic heterocycles. The van der Waals surface area contributed by atoms with E-state index in [4.69, 9.17) is 21.1 Å². The van der Waals surface area contributed by atoms with Crippen LogP contribution >= 0.6 is 11.6 Å². The standard InChI is InChI=1S/C24H24ClN3O5/c25-17-8-7-16(14-19(17)27-9-3-6-22(27)29)23(30)28-15-21(24(31)26-10-12-32-13-11-26)33-20-5-2-1-4-18(20)28/h1-2,4-5,7-8,14,21H,3,6,9-13,15H2. The number of carbonyl (C=O) groups is 3. The van der Waals surface area contributed by atoms with E-state index in [1.807, 2.05) is 12.1 Å². The Labute approximate surface area is 196 Å². The zero-order valence-electron chi connectivity index (χ0n) is 18.0. The largest absolute Gasteiger partial charge is 0.476 e. The van der Waals surface area contributed by atoms with Gasteiger partial charge in [-0.05, 0) is 36.8 Å². The summed E-state index contributed by atoms with van der Waals surface area (Å²) in [6.45, 7) is 2.64. The van der Waals surface area contributed by atoms with Crippen molar-refractivity contribution in [3.05, 3.63) is 53.1 Å². The fraction of sp³-hybridized carbons (Fsp3) is 0.375. The van der Waals surface area contributed by atoms with Gasteiger partial charge in [0.1, 0.15) is 5.75 Å². The lowest BCUT2D eigenvalue weighted by Crippen LogP contribution is -2.54. The van der Waals surface area contributed by atoms with Gasteiger partial charge in [0.25, 0.3) is 11.8 Å². The Balaban J connectivity index is 1.45. The summed E-state index contributed by atoms with van der Waals surface area (Å²) in [6.07, 6.45) is 0.417. The van der Waals surface area contributed by atoms with Gasteiger partial charge in [-0.3, -0.25) is 14.4 Å². The van der Waals surface area contributed by atoms with Crippen molar-refractivity contribution in [3.63, 3.8) is 0 Å². The lowest BCUT2D eigenvalue weighted by Gasteiger charge is -2.37. The highest BCUT2D eigenvalue weighted by Crippen LogP contribution is 2.36. The molecule has 2 saturated heterocycles. The van der Waals surface area contributed by atoms with Gasteiger partial charge in [-0.2, -0.15) is 0 Å². The molecule has 0 aromatic heterocycles. The molecule has 1 unspecified atom stereocenters. The topological polar surface area (TPSA) is 79.4 Å². The molecule has 33 heavy (non-hydrogen) atoms. The first-order valence-corrected chi connectivity index (χ1v) is 11.4. The third-order valence-corrected chi connectivity index (χ3v) is 6.49. The summed E-state index contributed by atoms with van der Waals surface area (Å²) in [5.74, 6) is 0.0298. The Morgan fingerprint density at radius 3 is 2.55 bits per heavy atom. The summed E-state index contributed by atoms with van der Waals surface area (Å²) >= 11 is 6.36. The summed E-state index contributed by atoms with van der Waals surface area (Å²) in [4.78, 5) is 43.9. The smallest absolute Gasteiger partial charge is 0.265 e. The van der Waals surface area contributed by atoms with Crippen molar-refractivity contribution >= 4 is 40.7 Å². The molecule has 0 saturated carbocycles. The third kappa shape index (κ3) is 4.16. The Morgan fingerprint density at radius 2 is 1.79 bits per heavy atom. The molecule has 0 spiro atoms. The van der Waals surface area contributed by atoms with Gasteiger partial charge < -0.3 is 24.2 Å². The van der Waals surface area contributed by atoms with Gasteiger partial charge in [-0.1, -0.05) is 23.7 Å². The molecule has 0 N–H and O–H groups in total. The number of hydrogen-bond donors (Lipinski definition) is 0. The number of nitrogens with zero attached hydrogens (tertiary/aromatic N) is 3. The van der Waals surface area contributed by atoms with Crippen LogP contribution in [0.15, 0.2) is 42.5 Å². The second-order valence-corrected chi connectivity index (χ2v) is 8.65. The van der Waals surface area contributed by atoms with Gasteiger partial charge in [0.15, 0.2) is 6.10 Å². The van der Waals surface area contributed by atoms with Gasteiger partial charge >= 0.3 is 0 Å². The molecule has 0 bridgehead atoms. The monoisotopic (exact) mass is 469 g/mol. The molecule has 2 aromatic rings. The minimum atomic E-state index is -0.811. The van der Waals surface area contributed by atoms with Crippen molar-refractivity contribution in [2.24, 2.45) is 0 Å². The van der Waals surface area contributed by atoms with Crippen LogP contribution in [-0.4, -0.2) is 68.1 Å². The molecule has 1 atom stereocenters. The summed E-state index contributed by atoms with van der Waals surface area (Å²) in [5, 5.41) is 0.421. The highest BCUT2D eigenvalue weighted by molar-refractivity contribution is 6.34. The normalized spacial score (nSPS) is 20.5. The number of halogens is 1. The number of para-hydroxylation sites is 2. The minimum Gasteiger partial charge on any atom is -0.476 e. The molecular formula is C24H24ClN3O5. The van der Waals surface area contributed by atoms with Crippen LogP contribution in [0.1, 0.15) is 23.2 Å². The highest BCUT2D eigenvalue weighted by Gasteiger charge is 2.37. The summed E-state index contributed by atoms with van der Waals surface area (Å²) < 4.78 is 11.3. The first-order valence-electron chi connectivity index (χ1n) is 11.1. The molecule has 8 nitrogen and oxygen atoms in total. The van der Waals surface area contributed by atoms with E-state index in [2.05, 4.69) is 0 Å². The molecule has 0 aliphatic carbocycles. The van der Waals surface area contributed by atoms with Crippen molar-refractivity contribution < 1.29 is 23.9 Å². The maximum absolute atomic E-state index is 13.6. The average molecular weight is 470 g/mol. The van der Waals surface area contributed by atoms with Gasteiger partial charge in [0.05, 0.1) is 36.2 Å². The maximum Gasteiger partial charge on any atom is 0.265 e. The zero-order chi connectivity index (χ0) is 22.9. The molecule has 5 rings (SSSR count). The lowest BCUT2D eigenvalue weighted by molar-refractivity contribution is -0.142. The highest BCUT2D eigenvalue weighted by atomic mass is 35.5. The van der Waals surface area contributed by atoms with Gasteiger partial charge in [-0.25, -0.2) is 0 Å². The van der Waals surface area contributed by atoms with Gasteiger partial charge in [0.2, 0.25) is 5.91 Å². The van der Waals surface area contributed by atoms with Crippen LogP contribution in [0.4, 0.5) is 11.4 Å². The van der Waals surface area contributed by atoms with Crippen LogP contribution in [-0.2, 0) is 14.3 Å². The SMILES string of the molecule is O=C(C1CN(C(=O)c2ccc(Cl)c(N3CCCC3=O)c2)c2ccccc2O1)N1CCOCC1. The number of hydrogen-bond acceptors (Lipinski definition) is 5. The van der Waals surface area contributed by atoms with E-state index in [1.54, 1.807) is 45.0 Å². The molecule has 3 aliphatic rings. The number of morpholine rings is 1. The van der Waals surface area contributed by atoms with E-state index in [-0.39, 0.29) is 24.3 Å². The minimum absolute atomic E-state index is 0.00520. The fourth-order valence-electron chi connectivity index (χ4n) is 4.45. The van der Waals surface area contributed by atoms with E-state index in [9.17, 15) is 14.4 Å². The number of ether oxygens (including phenoxy) is 2. The van der Waals surface area contributed by atoms with Crippen LogP contribution in [0.2, 0.25) is 5.02 Å². The van der Waals surface area contributed by atoms with Crippen molar-refractivity contribution in [3.8, 4) is 5.75 Å². The summed E-state index contributed by atoms with van der Waals surface area (Å²) in [6, 6.07) is 12.1. The molecule has 9 heteroatoms. The molecule has 2 aromatic carbocycles. The van der Waals surface area contributed by atoms with Crippen LogP contribution in [0, 0.1) is 0 Å². The van der Waals surface area contributed by atoms with Gasteiger partial charge in [-0.15, -0.1) is 0 Å². The Bertz CT molecular complexity index is 1100. The van der Waals surface area contributed by atoms with Crippen molar-refractivity contribution in [2.45, 2.75) is 18.9 Å². The van der Waals surface area contributed by atoms with Crippen molar-refractivity contribution in [1.82, 2.24) is 4.90 Å². The van der Waals surface area contributed by atoms with Crippen LogP contribution in [0.25, 0.3) is 0 Å². The van der Waals surface area contributed by atoms with Crippen LogP contribution in [0.3, 0.4) is 0 Å². The first kappa shape index (κ1) is 21.7.